The Morgan fingerprint density at radius 2 is 1.79 bits per heavy atom. The normalized spacial score (nSPS) is 16.4. The molecule has 0 aromatic heterocycles. The molecule has 1 N–H and O–H groups in total. The van der Waals surface area contributed by atoms with Crippen LogP contribution in [0, 0.1) is 6.92 Å². The number of nitrogens with zero attached hydrogens (tertiary/aromatic N) is 3. The van der Waals surface area contributed by atoms with Crippen LogP contribution < -0.4 is 10.5 Å². The van der Waals surface area contributed by atoms with Gasteiger partial charge in [-0.15, -0.1) is 0 Å². The lowest BCUT2D eigenvalue weighted by Crippen LogP contribution is -2.34. The molecule has 0 fully saturated rings. The van der Waals surface area contributed by atoms with Crippen LogP contribution in [0.25, 0.3) is 18.0 Å². The van der Waals surface area contributed by atoms with Gasteiger partial charge in [-0.25, -0.2) is 4.98 Å². The Kier molecular flexibility index (Phi) is 4.15. The third kappa shape index (κ3) is 2.97. The Labute approximate surface area is 164 Å². The summed E-state index contributed by atoms with van der Waals surface area (Å²) < 4.78 is 1.58. The van der Waals surface area contributed by atoms with Crippen LogP contribution in [0.5, 0.6) is 0 Å². The number of nitrogens with one attached hydrogen (secondary N) is 1. The quantitative estimate of drug-likeness (QED) is 0.713. The summed E-state index contributed by atoms with van der Waals surface area (Å²) in [7, 11) is 0. The van der Waals surface area contributed by atoms with Crippen LogP contribution in [0.15, 0.2) is 41.5 Å². The van der Waals surface area contributed by atoms with Gasteiger partial charge in [-0.3, -0.25) is 9.36 Å². The lowest BCUT2D eigenvalue weighted by atomic mass is 9.90. The lowest BCUT2D eigenvalue weighted by Gasteiger charge is -2.37. The first-order valence-corrected chi connectivity index (χ1v) is 10.0. The molecule has 5 heteroatoms. The predicted octanol–water partition coefficient (Wildman–Crippen LogP) is 3.73. The van der Waals surface area contributed by atoms with Gasteiger partial charge in [-0.1, -0.05) is 18.2 Å². The molecule has 0 saturated heterocycles. The van der Waals surface area contributed by atoms with Gasteiger partial charge in [0.05, 0.1) is 5.69 Å². The van der Waals surface area contributed by atoms with E-state index < -0.39 is 0 Å². The molecule has 4 aliphatic heterocycles. The van der Waals surface area contributed by atoms with E-state index in [-0.39, 0.29) is 5.56 Å². The van der Waals surface area contributed by atoms with E-state index in [2.05, 4.69) is 39.2 Å². The van der Waals surface area contributed by atoms with Crippen molar-refractivity contribution in [3.05, 3.63) is 75.1 Å². The highest BCUT2D eigenvalue weighted by atomic mass is 16.1. The number of hydrogen-bond donors (Lipinski definition) is 1. The van der Waals surface area contributed by atoms with Crippen molar-refractivity contribution < 1.29 is 0 Å². The molecule has 0 aliphatic carbocycles. The van der Waals surface area contributed by atoms with Crippen LogP contribution in [0.2, 0.25) is 0 Å². The molecule has 1 aromatic carbocycles. The van der Waals surface area contributed by atoms with Crippen LogP contribution in [-0.4, -0.2) is 27.6 Å². The van der Waals surface area contributed by atoms with Crippen LogP contribution >= 0.6 is 0 Å². The largest absolute Gasteiger partial charge is 0.371 e. The van der Waals surface area contributed by atoms with E-state index in [4.69, 9.17) is 0 Å². The molecule has 0 unspecified atom stereocenters. The minimum absolute atomic E-state index is 0.0636. The summed E-state index contributed by atoms with van der Waals surface area (Å²) in [5.41, 5.74) is 7.11. The second-order valence-electron chi connectivity index (χ2n) is 7.70. The number of aromatic nitrogens is 3. The van der Waals surface area contributed by atoms with Gasteiger partial charge >= 0.3 is 0 Å². The molecule has 5 rings (SSSR count). The number of imidazole rings is 1. The molecule has 0 radical (unpaired) electrons. The van der Waals surface area contributed by atoms with Crippen LogP contribution in [0.4, 0.5) is 5.69 Å². The highest BCUT2D eigenvalue weighted by Crippen LogP contribution is 2.36. The Morgan fingerprint density at radius 1 is 1.07 bits per heavy atom. The molecular weight excluding hydrogens is 348 g/mol. The number of benzene rings is 1. The smallest absolute Gasteiger partial charge is 0.277 e. The summed E-state index contributed by atoms with van der Waals surface area (Å²) in [6.07, 6.45) is 16.6. The highest BCUT2D eigenvalue weighted by molar-refractivity contribution is 5.68. The molecular formula is C23H24N4O. The molecule has 0 spiro atoms. The molecule has 4 heterocycles. The van der Waals surface area contributed by atoms with E-state index in [9.17, 15) is 4.79 Å². The molecule has 1 aromatic rings. The van der Waals surface area contributed by atoms with Crippen LogP contribution in [0.3, 0.4) is 0 Å². The maximum absolute atomic E-state index is 12.0. The zero-order chi connectivity index (χ0) is 19.1. The maximum Gasteiger partial charge on any atom is 0.277 e. The van der Waals surface area contributed by atoms with Crippen molar-refractivity contribution in [2.45, 2.75) is 32.6 Å². The predicted molar refractivity (Wildman–Crippen MR) is 113 cm³/mol. The fourth-order valence-corrected chi connectivity index (χ4v) is 4.45. The van der Waals surface area contributed by atoms with Crippen LogP contribution in [0.1, 0.15) is 40.9 Å². The number of H-pyrrole nitrogens is 1. The van der Waals surface area contributed by atoms with Crippen molar-refractivity contribution >= 4 is 17.8 Å². The minimum atomic E-state index is -0.0636. The number of aromatic amines is 1. The fourth-order valence-electron chi connectivity index (χ4n) is 4.45. The van der Waals surface area contributed by atoms with E-state index in [0.717, 1.165) is 5.69 Å². The topological polar surface area (TPSA) is 53.9 Å². The average Bonchev–Trinajstić information content (AvgIpc) is 2.99. The van der Waals surface area contributed by atoms with Crippen molar-refractivity contribution in [3.8, 4) is 5.82 Å². The monoisotopic (exact) mass is 372 g/mol. The Bertz CT molecular complexity index is 1090. The van der Waals surface area contributed by atoms with Crippen molar-refractivity contribution in [1.82, 2.24) is 14.5 Å². The summed E-state index contributed by atoms with van der Waals surface area (Å²) in [6, 6.07) is 4.69. The number of rotatable bonds is 3. The van der Waals surface area contributed by atoms with Crippen molar-refractivity contribution in [3.63, 3.8) is 0 Å². The molecule has 4 aliphatic rings. The Morgan fingerprint density at radius 3 is 2.54 bits per heavy atom. The average molecular weight is 372 g/mol. The van der Waals surface area contributed by atoms with Gasteiger partial charge < -0.3 is 9.88 Å². The summed E-state index contributed by atoms with van der Waals surface area (Å²) in [4.78, 5) is 22.0. The highest BCUT2D eigenvalue weighted by Gasteiger charge is 2.23. The standard InChI is InChI=1S/C23H24N4O/c1-16-23(28)27-15-20(24-14-21(27)25-16)9-3-2-6-17-12-18-7-4-10-26-11-5-8-19(13-17)22(18)26/h2-3,6,9,12-15,24H,4-5,7-8,10-11H2,1H3/b6-2+,9-3+. The maximum atomic E-state index is 12.0. The lowest BCUT2D eigenvalue weighted by molar-refractivity contribution is 0.634. The molecule has 142 valence electrons. The van der Waals surface area contributed by atoms with Gasteiger partial charge in [0.2, 0.25) is 0 Å². The van der Waals surface area contributed by atoms with E-state index in [1.54, 1.807) is 23.9 Å². The van der Waals surface area contributed by atoms with Crippen molar-refractivity contribution in [1.29, 1.82) is 0 Å². The molecule has 0 atom stereocenters. The summed E-state index contributed by atoms with van der Waals surface area (Å²) in [5, 5.41) is 0. The fraction of sp³-hybridized carbons (Fsp3) is 0.304. The van der Waals surface area contributed by atoms with Gasteiger partial charge in [-0.2, -0.15) is 0 Å². The van der Waals surface area contributed by atoms with E-state index >= 15 is 0 Å². The SMILES string of the molecule is Cc1nc2c[nH]c(/C=C/C=C/c3cc4c5c(c3)CCCN5CCC4)cn-2c1=O. The van der Waals surface area contributed by atoms with Gasteiger partial charge in [0.15, 0.2) is 5.82 Å². The van der Waals surface area contributed by atoms with Gasteiger partial charge in [0, 0.05) is 31.2 Å². The summed E-state index contributed by atoms with van der Waals surface area (Å²) >= 11 is 0. The zero-order valence-corrected chi connectivity index (χ0v) is 16.1. The first kappa shape index (κ1) is 17.0. The molecule has 5 nitrogen and oxygen atoms in total. The third-order valence-corrected chi connectivity index (χ3v) is 5.72. The van der Waals surface area contributed by atoms with Gasteiger partial charge in [0.1, 0.15) is 5.69 Å². The molecule has 0 bridgehead atoms. The first-order valence-electron chi connectivity index (χ1n) is 10.0. The number of allylic oxidation sites excluding steroid dienone is 2. The van der Waals surface area contributed by atoms with Gasteiger partial charge in [-0.05, 0) is 67.5 Å². The van der Waals surface area contributed by atoms with Crippen LogP contribution in [-0.2, 0) is 12.8 Å². The van der Waals surface area contributed by atoms with E-state index in [1.165, 1.54) is 61.2 Å². The third-order valence-electron chi connectivity index (χ3n) is 5.72. The first-order chi connectivity index (χ1) is 13.7. The Balaban J connectivity index is 1.38. The Hall–Kier alpha value is -3.08. The van der Waals surface area contributed by atoms with Crippen molar-refractivity contribution in [2.24, 2.45) is 0 Å². The summed E-state index contributed by atoms with van der Waals surface area (Å²) in [6.45, 7) is 4.15. The number of anilines is 1. The van der Waals surface area contributed by atoms with Gasteiger partial charge in [0.25, 0.3) is 5.56 Å². The van der Waals surface area contributed by atoms with E-state index in [1.807, 2.05) is 12.2 Å². The molecule has 28 heavy (non-hydrogen) atoms. The second kappa shape index (κ2) is 6.82. The number of fused-ring (bicyclic) bond motifs is 1. The number of hydrogen-bond acceptors (Lipinski definition) is 3. The van der Waals surface area contributed by atoms with Crippen molar-refractivity contribution in [2.75, 3.05) is 18.0 Å². The molecule has 0 saturated carbocycles. The second-order valence-corrected chi connectivity index (χ2v) is 7.70. The van der Waals surface area contributed by atoms with E-state index in [0.29, 0.717) is 11.5 Å². The zero-order valence-electron chi connectivity index (χ0n) is 16.1. The number of aryl methyl sites for hydroxylation is 3. The summed E-state index contributed by atoms with van der Waals surface area (Å²) in [5.74, 6) is 0.646. The molecule has 0 amide bonds. The minimum Gasteiger partial charge on any atom is -0.371 e.